The molecule has 13 heavy (non-hydrogen) atoms. The SMILES string of the molecule is CCC(=O)OCCC(C)C(F)(F)F. The minimum absolute atomic E-state index is 0.159. The molecule has 1 atom stereocenters. The van der Waals surface area contributed by atoms with E-state index in [1.165, 1.54) is 0 Å². The van der Waals surface area contributed by atoms with Gasteiger partial charge in [0, 0.05) is 6.42 Å². The zero-order chi connectivity index (χ0) is 10.5. The maximum absolute atomic E-state index is 11.9. The maximum atomic E-state index is 11.9. The molecule has 5 heteroatoms. The summed E-state index contributed by atoms with van der Waals surface area (Å²) >= 11 is 0. The molecule has 0 bridgehead atoms. The van der Waals surface area contributed by atoms with Gasteiger partial charge in [-0.3, -0.25) is 4.79 Å². The number of alkyl halides is 3. The molecule has 78 valence electrons. The van der Waals surface area contributed by atoms with E-state index in [0.29, 0.717) is 0 Å². The zero-order valence-corrected chi connectivity index (χ0v) is 7.65. The fraction of sp³-hybridized carbons (Fsp3) is 0.875. The summed E-state index contributed by atoms with van der Waals surface area (Å²) in [7, 11) is 0. The number of hydrogen-bond acceptors (Lipinski definition) is 2. The van der Waals surface area contributed by atoms with Crippen molar-refractivity contribution < 1.29 is 22.7 Å². The van der Waals surface area contributed by atoms with Gasteiger partial charge in [0.15, 0.2) is 0 Å². The Morgan fingerprint density at radius 2 is 2.00 bits per heavy atom. The fourth-order valence-electron chi connectivity index (χ4n) is 0.615. The third-order valence-electron chi connectivity index (χ3n) is 1.66. The van der Waals surface area contributed by atoms with Crippen molar-refractivity contribution in [3.05, 3.63) is 0 Å². The van der Waals surface area contributed by atoms with Crippen molar-refractivity contribution in [1.82, 2.24) is 0 Å². The molecule has 0 N–H and O–H groups in total. The first kappa shape index (κ1) is 12.3. The molecule has 0 aliphatic rings. The van der Waals surface area contributed by atoms with Gasteiger partial charge in [-0.05, 0) is 6.42 Å². The topological polar surface area (TPSA) is 26.3 Å². The largest absolute Gasteiger partial charge is 0.466 e. The van der Waals surface area contributed by atoms with Gasteiger partial charge in [0.2, 0.25) is 0 Å². The van der Waals surface area contributed by atoms with E-state index in [-0.39, 0.29) is 19.4 Å². The lowest BCUT2D eigenvalue weighted by atomic mass is 10.1. The van der Waals surface area contributed by atoms with Crippen LogP contribution in [0.1, 0.15) is 26.7 Å². The minimum Gasteiger partial charge on any atom is -0.466 e. The molecule has 0 fully saturated rings. The van der Waals surface area contributed by atoms with Crippen LogP contribution < -0.4 is 0 Å². The third kappa shape index (κ3) is 5.49. The van der Waals surface area contributed by atoms with Crippen LogP contribution in [0.5, 0.6) is 0 Å². The van der Waals surface area contributed by atoms with Crippen molar-refractivity contribution in [2.75, 3.05) is 6.61 Å². The van der Waals surface area contributed by atoms with E-state index in [2.05, 4.69) is 4.74 Å². The Kier molecular flexibility index (Phi) is 4.80. The Morgan fingerprint density at radius 3 is 2.38 bits per heavy atom. The Hall–Kier alpha value is -0.740. The van der Waals surface area contributed by atoms with Gasteiger partial charge in [-0.25, -0.2) is 0 Å². The Balaban J connectivity index is 3.60. The molecule has 1 unspecified atom stereocenters. The number of esters is 1. The highest BCUT2D eigenvalue weighted by molar-refractivity contribution is 5.68. The second-order valence-corrected chi connectivity index (χ2v) is 2.81. The lowest BCUT2D eigenvalue weighted by Crippen LogP contribution is -2.21. The molecule has 0 saturated heterocycles. The second-order valence-electron chi connectivity index (χ2n) is 2.81. The van der Waals surface area contributed by atoms with Gasteiger partial charge in [-0.1, -0.05) is 13.8 Å². The number of carbonyl (C=O) groups excluding carboxylic acids is 1. The van der Waals surface area contributed by atoms with Crippen LogP contribution in [0.3, 0.4) is 0 Å². The van der Waals surface area contributed by atoms with Gasteiger partial charge in [0.05, 0.1) is 12.5 Å². The zero-order valence-electron chi connectivity index (χ0n) is 7.65. The second kappa shape index (κ2) is 5.09. The predicted molar refractivity (Wildman–Crippen MR) is 41.1 cm³/mol. The number of ether oxygens (including phenoxy) is 1. The number of rotatable bonds is 4. The number of hydrogen-bond donors (Lipinski definition) is 0. The summed E-state index contributed by atoms with van der Waals surface area (Å²) in [6, 6.07) is 0. The van der Waals surface area contributed by atoms with Gasteiger partial charge in [-0.15, -0.1) is 0 Å². The van der Waals surface area contributed by atoms with E-state index in [4.69, 9.17) is 0 Å². The van der Waals surface area contributed by atoms with Crippen LogP contribution in [-0.2, 0) is 9.53 Å². The van der Waals surface area contributed by atoms with Crippen LogP contribution >= 0.6 is 0 Å². The average molecular weight is 198 g/mol. The van der Waals surface area contributed by atoms with Crippen LogP contribution in [0.4, 0.5) is 13.2 Å². The standard InChI is InChI=1S/C8H13F3O2/c1-3-7(12)13-5-4-6(2)8(9,10)11/h6H,3-5H2,1-2H3. The lowest BCUT2D eigenvalue weighted by Gasteiger charge is -2.14. The molecule has 2 nitrogen and oxygen atoms in total. The summed E-state index contributed by atoms with van der Waals surface area (Å²) < 4.78 is 40.3. The molecular formula is C8H13F3O2. The average Bonchev–Trinajstić information content (AvgIpc) is 2.02. The number of halogens is 3. The Morgan fingerprint density at radius 1 is 1.46 bits per heavy atom. The van der Waals surface area contributed by atoms with Gasteiger partial charge in [-0.2, -0.15) is 13.2 Å². The summed E-state index contributed by atoms with van der Waals surface area (Å²) in [6.45, 7) is 2.50. The molecule has 0 rings (SSSR count). The van der Waals surface area contributed by atoms with E-state index < -0.39 is 18.1 Å². The summed E-state index contributed by atoms with van der Waals surface area (Å²) in [5.74, 6) is -1.88. The van der Waals surface area contributed by atoms with Crippen LogP contribution in [0.2, 0.25) is 0 Å². The molecule has 0 aliphatic heterocycles. The monoisotopic (exact) mass is 198 g/mol. The Bertz CT molecular complexity index is 165. The van der Waals surface area contributed by atoms with Crippen molar-refractivity contribution in [1.29, 1.82) is 0 Å². The van der Waals surface area contributed by atoms with Crippen LogP contribution in [0.15, 0.2) is 0 Å². The quantitative estimate of drug-likeness (QED) is 0.649. The molecule has 0 saturated carbocycles. The molecule has 0 radical (unpaired) electrons. The molecule has 0 aromatic heterocycles. The summed E-state index contributed by atoms with van der Waals surface area (Å²) in [6.07, 6.45) is -4.17. The number of carbonyl (C=O) groups is 1. The van der Waals surface area contributed by atoms with E-state index in [1.807, 2.05) is 0 Å². The normalized spacial score (nSPS) is 13.9. The van der Waals surface area contributed by atoms with Crippen LogP contribution in [0.25, 0.3) is 0 Å². The first-order valence-corrected chi connectivity index (χ1v) is 4.10. The first-order valence-electron chi connectivity index (χ1n) is 4.10. The predicted octanol–water partition coefficient (Wildman–Crippen LogP) is 2.53. The highest BCUT2D eigenvalue weighted by atomic mass is 19.4. The maximum Gasteiger partial charge on any atom is 0.391 e. The van der Waals surface area contributed by atoms with Gasteiger partial charge < -0.3 is 4.74 Å². The van der Waals surface area contributed by atoms with Gasteiger partial charge in [0.1, 0.15) is 0 Å². The molecular weight excluding hydrogens is 185 g/mol. The molecule has 0 spiro atoms. The molecule has 0 aromatic carbocycles. The molecule has 0 aromatic rings. The van der Waals surface area contributed by atoms with Crippen LogP contribution in [-0.4, -0.2) is 18.8 Å². The summed E-state index contributed by atoms with van der Waals surface area (Å²) in [4.78, 5) is 10.5. The fourth-order valence-corrected chi connectivity index (χ4v) is 0.615. The van der Waals surface area contributed by atoms with Crippen LogP contribution in [0, 0.1) is 5.92 Å². The molecule has 0 amide bonds. The van der Waals surface area contributed by atoms with E-state index in [0.717, 1.165) is 6.92 Å². The van der Waals surface area contributed by atoms with E-state index in [9.17, 15) is 18.0 Å². The van der Waals surface area contributed by atoms with E-state index in [1.54, 1.807) is 6.92 Å². The highest BCUT2D eigenvalue weighted by Crippen LogP contribution is 2.27. The van der Waals surface area contributed by atoms with Crippen molar-refractivity contribution in [2.24, 2.45) is 5.92 Å². The minimum atomic E-state index is -4.20. The van der Waals surface area contributed by atoms with Crippen molar-refractivity contribution in [3.63, 3.8) is 0 Å². The summed E-state index contributed by atoms with van der Waals surface area (Å²) in [5, 5.41) is 0. The third-order valence-corrected chi connectivity index (χ3v) is 1.66. The molecule has 0 aliphatic carbocycles. The van der Waals surface area contributed by atoms with Gasteiger partial charge >= 0.3 is 12.1 Å². The lowest BCUT2D eigenvalue weighted by molar-refractivity contribution is -0.175. The van der Waals surface area contributed by atoms with Crippen molar-refractivity contribution in [2.45, 2.75) is 32.9 Å². The van der Waals surface area contributed by atoms with Gasteiger partial charge in [0.25, 0.3) is 0 Å². The molecule has 0 heterocycles. The van der Waals surface area contributed by atoms with Crippen molar-refractivity contribution in [3.8, 4) is 0 Å². The highest BCUT2D eigenvalue weighted by Gasteiger charge is 2.35. The first-order chi connectivity index (χ1) is 5.88. The Labute approximate surface area is 75.1 Å². The van der Waals surface area contributed by atoms with Crippen molar-refractivity contribution >= 4 is 5.97 Å². The smallest absolute Gasteiger partial charge is 0.391 e. The summed E-state index contributed by atoms with van der Waals surface area (Å²) in [5.41, 5.74) is 0. The van der Waals surface area contributed by atoms with E-state index >= 15 is 0 Å².